The fraction of sp³-hybridized carbons (Fsp3) is 0.333. The number of thiazole rings is 1. The molecule has 2 rings (SSSR count). The predicted molar refractivity (Wildman–Crippen MR) is 89.5 cm³/mol. The molecule has 0 bridgehead atoms. The molecule has 6 heteroatoms. The molecule has 0 aliphatic rings. The van der Waals surface area contributed by atoms with Gasteiger partial charge in [0, 0.05) is 15.3 Å². The maximum absolute atomic E-state index is 12.3. The van der Waals surface area contributed by atoms with Crippen LogP contribution in [-0.4, -0.2) is 18.0 Å². The summed E-state index contributed by atoms with van der Waals surface area (Å²) in [5.74, 6) is 0.424. The number of halogens is 1. The van der Waals surface area contributed by atoms with Crippen molar-refractivity contribution >= 4 is 38.3 Å². The lowest BCUT2D eigenvalue weighted by molar-refractivity contribution is 0.102. The summed E-state index contributed by atoms with van der Waals surface area (Å²) < 4.78 is 5.86. The number of anilines is 1. The van der Waals surface area contributed by atoms with Crippen molar-refractivity contribution in [2.75, 3.05) is 12.4 Å². The minimum absolute atomic E-state index is 0.0317. The van der Waals surface area contributed by atoms with E-state index in [1.807, 2.05) is 5.38 Å². The standard InChI is InChI=1S/C15H17BrN2O2S/c1-15(2,3)12-8-21-14(17-12)18-13(19)10-7-9(20-4)5-6-11(10)16/h5-8H,1-4H3,(H,17,18,19). The molecule has 0 fully saturated rings. The van der Waals surface area contributed by atoms with Gasteiger partial charge >= 0.3 is 0 Å². The van der Waals surface area contributed by atoms with Gasteiger partial charge in [0.25, 0.3) is 5.91 Å². The number of methoxy groups -OCH3 is 1. The van der Waals surface area contributed by atoms with E-state index >= 15 is 0 Å². The van der Waals surface area contributed by atoms with Crippen molar-refractivity contribution in [2.24, 2.45) is 0 Å². The lowest BCUT2D eigenvalue weighted by Crippen LogP contribution is -2.14. The number of nitrogens with zero attached hydrogens (tertiary/aromatic N) is 1. The largest absolute Gasteiger partial charge is 0.497 e. The van der Waals surface area contributed by atoms with Crippen molar-refractivity contribution in [1.82, 2.24) is 4.98 Å². The molecule has 1 N–H and O–H groups in total. The van der Waals surface area contributed by atoms with Crippen molar-refractivity contribution in [3.63, 3.8) is 0 Å². The summed E-state index contributed by atoms with van der Waals surface area (Å²) in [6, 6.07) is 5.27. The van der Waals surface area contributed by atoms with E-state index < -0.39 is 0 Å². The molecular formula is C15H17BrN2O2S. The van der Waals surface area contributed by atoms with Crippen molar-refractivity contribution in [3.05, 3.63) is 39.3 Å². The van der Waals surface area contributed by atoms with Crippen LogP contribution in [0.1, 0.15) is 36.8 Å². The molecule has 1 heterocycles. The van der Waals surface area contributed by atoms with Gasteiger partial charge in [-0.05, 0) is 34.1 Å². The number of amides is 1. The first-order valence-corrected chi connectivity index (χ1v) is 8.09. The summed E-state index contributed by atoms with van der Waals surface area (Å²) in [4.78, 5) is 16.8. The number of nitrogens with one attached hydrogen (secondary N) is 1. The fourth-order valence-corrected chi connectivity index (χ4v) is 3.00. The van der Waals surface area contributed by atoms with Gasteiger partial charge < -0.3 is 4.74 Å². The average Bonchev–Trinajstić information content (AvgIpc) is 2.87. The Morgan fingerprint density at radius 1 is 1.38 bits per heavy atom. The number of carbonyl (C=O) groups excluding carboxylic acids is 1. The molecule has 0 saturated heterocycles. The molecule has 1 amide bonds. The maximum atomic E-state index is 12.3. The number of rotatable bonds is 3. The normalized spacial score (nSPS) is 11.3. The van der Waals surface area contributed by atoms with Crippen LogP contribution in [0.15, 0.2) is 28.1 Å². The first-order chi connectivity index (χ1) is 9.81. The minimum Gasteiger partial charge on any atom is -0.497 e. The van der Waals surface area contributed by atoms with Crippen LogP contribution in [0.5, 0.6) is 5.75 Å². The van der Waals surface area contributed by atoms with Crippen molar-refractivity contribution in [3.8, 4) is 5.75 Å². The SMILES string of the molecule is COc1ccc(Br)c(C(=O)Nc2nc(C(C)(C)C)cs2)c1. The molecular weight excluding hydrogens is 352 g/mol. The van der Waals surface area contributed by atoms with Crippen LogP contribution in [0.2, 0.25) is 0 Å². The van der Waals surface area contributed by atoms with E-state index in [4.69, 9.17) is 4.74 Å². The van der Waals surface area contributed by atoms with E-state index in [1.165, 1.54) is 11.3 Å². The van der Waals surface area contributed by atoms with Crippen molar-refractivity contribution < 1.29 is 9.53 Å². The van der Waals surface area contributed by atoms with Gasteiger partial charge in [-0.3, -0.25) is 10.1 Å². The molecule has 0 unspecified atom stereocenters. The van der Waals surface area contributed by atoms with Gasteiger partial charge in [0.05, 0.1) is 18.4 Å². The molecule has 1 aromatic carbocycles. The zero-order chi connectivity index (χ0) is 15.6. The zero-order valence-corrected chi connectivity index (χ0v) is 14.8. The highest BCUT2D eigenvalue weighted by Crippen LogP contribution is 2.28. The van der Waals surface area contributed by atoms with Gasteiger partial charge in [-0.25, -0.2) is 4.98 Å². The van der Waals surface area contributed by atoms with Gasteiger partial charge in [-0.2, -0.15) is 0 Å². The Hall–Kier alpha value is -1.40. The molecule has 0 radical (unpaired) electrons. The summed E-state index contributed by atoms with van der Waals surface area (Å²) in [5.41, 5.74) is 1.45. The van der Waals surface area contributed by atoms with Gasteiger partial charge in [-0.15, -0.1) is 11.3 Å². The minimum atomic E-state index is -0.212. The molecule has 0 aliphatic heterocycles. The highest BCUT2D eigenvalue weighted by Gasteiger charge is 2.19. The smallest absolute Gasteiger partial charge is 0.258 e. The Balaban J connectivity index is 2.20. The highest BCUT2D eigenvalue weighted by molar-refractivity contribution is 9.10. The molecule has 21 heavy (non-hydrogen) atoms. The van der Waals surface area contributed by atoms with Crippen LogP contribution in [0.25, 0.3) is 0 Å². The Morgan fingerprint density at radius 3 is 2.67 bits per heavy atom. The summed E-state index contributed by atoms with van der Waals surface area (Å²) >= 11 is 4.80. The molecule has 4 nitrogen and oxygen atoms in total. The van der Waals surface area contributed by atoms with Crippen LogP contribution in [-0.2, 0) is 5.41 Å². The third-order valence-electron chi connectivity index (χ3n) is 2.91. The summed E-state index contributed by atoms with van der Waals surface area (Å²) in [5, 5.41) is 5.39. The van der Waals surface area contributed by atoms with E-state index in [0.29, 0.717) is 20.9 Å². The summed E-state index contributed by atoms with van der Waals surface area (Å²) in [7, 11) is 1.57. The van der Waals surface area contributed by atoms with Crippen molar-refractivity contribution in [2.45, 2.75) is 26.2 Å². The van der Waals surface area contributed by atoms with E-state index in [1.54, 1.807) is 25.3 Å². The number of aromatic nitrogens is 1. The van der Waals surface area contributed by atoms with Gasteiger partial charge in [-0.1, -0.05) is 20.8 Å². The number of benzene rings is 1. The van der Waals surface area contributed by atoms with E-state index in [0.717, 1.165) is 5.69 Å². The third-order valence-corrected chi connectivity index (χ3v) is 4.36. The van der Waals surface area contributed by atoms with Gasteiger partial charge in [0.1, 0.15) is 5.75 Å². The van der Waals surface area contributed by atoms with Crippen LogP contribution in [0, 0.1) is 0 Å². The Morgan fingerprint density at radius 2 is 2.10 bits per heavy atom. The van der Waals surface area contributed by atoms with Gasteiger partial charge in [0.2, 0.25) is 0 Å². The molecule has 0 spiro atoms. The van der Waals surface area contributed by atoms with Crippen LogP contribution < -0.4 is 10.1 Å². The fourth-order valence-electron chi connectivity index (χ4n) is 1.65. The van der Waals surface area contributed by atoms with Crippen LogP contribution in [0.3, 0.4) is 0 Å². The Bertz CT molecular complexity index is 662. The van der Waals surface area contributed by atoms with E-state index in [2.05, 4.69) is 47.0 Å². The quantitative estimate of drug-likeness (QED) is 0.869. The first-order valence-electron chi connectivity index (χ1n) is 6.42. The predicted octanol–water partition coefficient (Wildman–Crippen LogP) is 4.46. The second-order valence-corrected chi connectivity index (χ2v) is 7.30. The topological polar surface area (TPSA) is 51.2 Å². The lowest BCUT2D eigenvalue weighted by atomic mass is 9.93. The lowest BCUT2D eigenvalue weighted by Gasteiger charge is -2.14. The number of ether oxygens (including phenoxy) is 1. The molecule has 0 saturated carbocycles. The number of carbonyl (C=O) groups is 1. The summed E-state index contributed by atoms with van der Waals surface area (Å²) in [6.07, 6.45) is 0. The van der Waals surface area contributed by atoms with Crippen LogP contribution in [0.4, 0.5) is 5.13 Å². The van der Waals surface area contributed by atoms with Crippen LogP contribution >= 0.6 is 27.3 Å². The molecule has 1 aromatic heterocycles. The Labute approximate surface area is 136 Å². The maximum Gasteiger partial charge on any atom is 0.258 e. The second kappa shape index (κ2) is 6.15. The number of hydrogen-bond donors (Lipinski definition) is 1. The Kier molecular flexibility index (Phi) is 4.68. The molecule has 112 valence electrons. The summed E-state index contributed by atoms with van der Waals surface area (Å²) in [6.45, 7) is 6.27. The van der Waals surface area contributed by atoms with Gasteiger partial charge in [0.15, 0.2) is 5.13 Å². The zero-order valence-electron chi connectivity index (χ0n) is 12.4. The molecule has 2 aromatic rings. The van der Waals surface area contributed by atoms with Crippen molar-refractivity contribution in [1.29, 1.82) is 0 Å². The molecule has 0 aliphatic carbocycles. The first kappa shape index (κ1) is 16.0. The monoisotopic (exact) mass is 368 g/mol. The molecule has 0 atom stereocenters. The number of hydrogen-bond acceptors (Lipinski definition) is 4. The highest BCUT2D eigenvalue weighted by atomic mass is 79.9. The van der Waals surface area contributed by atoms with E-state index in [-0.39, 0.29) is 11.3 Å². The third kappa shape index (κ3) is 3.83. The second-order valence-electron chi connectivity index (χ2n) is 5.59. The van der Waals surface area contributed by atoms with E-state index in [9.17, 15) is 4.79 Å². The average molecular weight is 369 g/mol.